The Balaban J connectivity index is 2.65. The Bertz CT molecular complexity index is 646. The van der Waals surface area contributed by atoms with Crippen LogP contribution in [-0.4, -0.2) is 24.4 Å². The second kappa shape index (κ2) is 6.14. The number of aldehydes is 1. The van der Waals surface area contributed by atoms with Crippen molar-refractivity contribution in [2.45, 2.75) is 13.8 Å². The van der Waals surface area contributed by atoms with E-state index in [9.17, 15) is 9.59 Å². The van der Waals surface area contributed by atoms with Crippen LogP contribution in [-0.2, 0) is 0 Å². The highest BCUT2D eigenvalue weighted by Gasteiger charge is 2.17. The molecule has 0 N–H and O–H groups in total. The minimum Gasteiger partial charge on any atom is -0.388 e. The fourth-order valence-electron chi connectivity index (χ4n) is 1.96. The van der Waals surface area contributed by atoms with Crippen LogP contribution in [0.1, 0.15) is 24.2 Å². The molecular weight excluding hydrogens is 256 g/mol. The Labute approximate surface area is 116 Å². The smallest absolute Gasteiger partial charge is 0.351 e. The van der Waals surface area contributed by atoms with E-state index in [1.165, 1.54) is 0 Å². The molecule has 0 spiro atoms. The average molecular weight is 272 g/mol. The summed E-state index contributed by atoms with van der Waals surface area (Å²) in [5.74, 6) is 0. The highest BCUT2D eigenvalue weighted by atomic mass is 16.4. The number of anilines is 1. The zero-order valence-corrected chi connectivity index (χ0v) is 11.5. The molecule has 0 unspecified atom stereocenters. The van der Waals surface area contributed by atoms with Gasteiger partial charge in [-0.05, 0) is 13.8 Å². The first-order valence-corrected chi connectivity index (χ1v) is 6.51. The molecular formula is C15H16N2O3. The number of hydrogen-bond donors (Lipinski definition) is 0. The molecule has 0 bridgehead atoms. The topological polar surface area (TPSA) is 63.4 Å². The molecule has 2 rings (SSSR count). The number of nitrogens with zero attached hydrogens (tertiary/aromatic N) is 2. The van der Waals surface area contributed by atoms with E-state index in [4.69, 9.17) is 4.42 Å². The van der Waals surface area contributed by atoms with Crippen LogP contribution in [0.2, 0.25) is 0 Å². The minimum atomic E-state index is -0.657. The summed E-state index contributed by atoms with van der Waals surface area (Å²) in [6.45, 7) is 5.23. The zero-order valence-electron chi connectivity index (χ0n) is 11.5. The van der Waals surface area contributed by atoms with Crippen LogP contribution < -0.4 is 10.5 Å². The van der Waals surface area contributed by atoms with Gasteiger partial charge in [-0.1, -0.05) is 30.3 Å². The van der Waals surface area contributed by atoms with E-state index < -0.39 is 5.63 Å². The molecule has 0 aliphatic heterocycles. The van der Waals surface area contributed by atoms with E-state index >= 15 is 0 Å². The van der Waals surface area contributed by atoms with Crippen LogP contribution in [0.15, 0.2) is 39.5 Å². The van der Waals surface area contributed by atoms with Crippen molar-refractivity contribution in [3.8, 4) is 11.3 Å². The Kier molecular flexibility index (Phi) is 4.30. The molecule has 1 aromatic heterocycles. The summed E-state index contributed by atoms with van der Waals surface area (Å²) in [5.41, 5.74) is 0.373. The van der Waals surface area contributed by atoms with Crippen molar-refractivity contribution in [1.29, 1.82) is 0 Å². The maximum Gasteiger partial charge on any atom is 0.351 e. The third kappa shape index (κ3) is 2.61. The van der Waals surface area contributed by atoms with E-state index in [2.05, 4.69) is 4.98 Å². The second-order valence-corrected chi connectivity index (χ2v) is 4.20. The molecule has 20 heavy (non-hydrogen) atoms. The summed E-state index contributed by atoms with van der Waals surface area (Å²) in [5, 5.41) is 0. The van der Waals surface area contributed by atoms with Gasteiger partial charge in [0.05, 0.1) is 5.69 Å². The van der Waals surface area contributed by atoms with Gasteiger partial charge in [0.15, 0.2) is 6.29 Å². The molecule has 0 aliphatic carbocycles. The van der Waals surface area contributed by atoms with Gasteiger partial charge < -0.3 is 9.32 Å². The van der Waals surface area contributed by atoms with Crippen molar-refractivity contribution in [3.63, 3.8) is 0 Å². The number of hydrogen-bond acceptors (Lipinski definition) is 5. The van der Waals surface area contributed by atoms with Crippen molar-refractivity contribution in [3.05, 3.63) is 46.3 Å². The standard InChI is InChI=1S/C15H16N2O3/c1-3-17(4-2)15-16-13(11-8-6-5-7-9-11)12(10-18)14(19)20-15/h5-10H,3-4H2,1-2H3. The Morgan fingerprint density at radius 2 is 1.85 bits per heavy atom. The first kappa shape index (κ1) is 14.0. The van der Waals surface area contributed by atoms with E-state index in [0.717, 1.165) is 5.56 Å². The maximum absolute atomic E-state index is 11.9. The Morgan fingerprint density at radius 1 is 1.20 bits per heavy atom. The average Bonchev–Trinajstić information content (AvgIpc) is 2.49. The second-order valence-electron chi connectivity index (χ2n) is 4.20. The van der Waals surface area contributed by atoms with Crippen molar-refractivity contribution in [2.75, 3.05) is 18.0 Å². The van der Waals surface area contributed by atoms with Crippen LogP contribution in [0.5, 0.6) is 0 Å². The molecule has 0 radical (unpaired) electrons. The van der Waals surface area contributed by atoms with E-state index in [1.807, 2.05) is 36.9 Å². The number of carbonyl (C=O) groups is 1. The highest BCUT2D eigenvalue weighted by Crippen LogP contribution is 2.21. The van der Waals surface area contributed by atoms with Gasteiger partial charge in [-0.2, -0.15) is 4.98 Å². The van der Waals surface area contributed by atoms with Crippen molar-refractivity contribution < 1.29 is 9.21 Å². The minimum absolute atomic E-state index is 0.0490. The maximum atomic E-state index is 11.9. The summed E-state index contributed by atoms with van der Waals surface area (Å²) in [4.78, 5) is 29.2. The molecule has 5 nitrogen and oxygen atoms in total. The van der Waals surface area contributed by atoms with Crippen LogP contribution in [0.4, 0.5) is 6.01 Å². The molecule has 0 aliphatic rings. The zero-order chi connectivity index (χ0) is 14.5. The first-order valence-electron chi connectivity index (χ1n) is 6.51. The molecule has 1 aromatic carbocycles. The molecule has 0 saturated heterocycles. The van der Waals surface area contributed by atoms with Gasteiger partial charge in [-0.15, -0.1) is 0 Å². The van der Waals surface area contributed by atoms with Gasteiger partial charge in [-0.3, -0.25) is 4.79 Å². The summed E-state index contributed by atoms with van der Waals surface area (Å²) in [6, 6.07) is 9.38. The summed E-state index contributed by atoms with van der Waals surface area (Å²) in [6.07, 6.45) is 0.493. The number of benzene rings is 1. The lowest BCUT2D eigenvalue weighted by molar-refractivity contribution is 0.112. The van der Waals surface area contributed by atoms with Gasteiger partial charge in [0.1, 0.15) is 5.56 Å². The van der Waals surface area contributed by atoms with Gasteiger partial charge in [0.25, 0.3) is 0 Å². The quantitative estimate of drug-likeness (QED) is 0.782. The summed E-state index contributed by atoms with van der Waals surface area (Å²) < 4.78 is 5.13. The molecule has 0 saturated carbocycles. The molecule has 2 aromatic rings. The molecule has 1 heterocycles. The van der Waals surface area contributed by atoms with Crippen LogP contribution in [0, 0.1) is 0 Å². The Morgan fingerprint density at radius 3 is 2.40 bits per heavy atom. The Hall–Kier alpha value is -2.43. The predicted molar refractivity (Wildman–Crippen MR) is 77.2 cm³/mol. The number of rotatable bonds is 5. The van der Waals surface area contributed by atoms with Gasteiger partial charge in [0, 0.05) is 18.7 Å². The fourth-order valence-corrected chi connectivity index (χ4v) is 1.96. The van der Waals surface area contributed by atoms with E-state index in [-0.39, 0.29) is 11.6 Å². The lowest BCUT2D eigenvalue weighted by atomic mass is 10.1. The molecule has 0 fully saturated rings. The summed E-state index contributed by atoms with van der Waals surface area (Å²) >= 11 is 0. The van der Waals surface area contributed by atoms with Gasteiger partial charge in [-0.25, -0.2) is 4.79 Å². The monoisotopic (exact) mass is 272 g/mol. The van der Waals surface area contributed by atoms with Crippen molar-refractivity contribution in [1.82, 2.24) is 4.98 Å². The highest BCUT2D eigenvalue weighted by molar-refractivity contribution is 5.85. The summed E-state index contributed by atoms with van der Waals surface area (Å²) in [7, 11) is 0. The van der Waals surface area contributed by atoms with Crippen LogP contribution >= 0.6 is 0 Å². The number of aromatic nitrogens is 1. The van der Waals surface area contributed by atoms with Gasteiger partial charge >= 0.3 is 11.6 Å². The SMILES string of the molecule is CCN(CC)c1nc(-c2ccccc2)c(C=O)c(=O)o1. The van der Waals surface area contributed by atoms with Crippen LogP contribution in [0.25, 0.3) is 11.3 Å². The van der Waals surface area contributed by atoms with E-state index in [0.29, 0.717) is 25.1 Å². The third-order valence-electron chi connectivity index (χ3n) is 3.07. The molecule has 0 atom stereocenters. The number of carbonyl (C=O) groups excluding carboxylic acids is 1. The van der Waals surface area contributed by atoms with Crippen molar-refractivity contribution in [2.24, 2.45) is 0 Å². The lowest BCUT2D eigenvalue weighted by Gasteiger charge is -2.18. The normalized spacial score (nSPS) is 10.3. The molecule has 104 valence electrons. The van der Waals surface area contributed by atoms with E-state index in [1.54, 1.807) is 12.1 Å². The third-order valence-corrected chi connectivity index (χ3v) is 3.07. The largest absolute Gasteiger partial charge is 0.388 e. The fraction of sp³-hybridized carbons (Fsp3) is 0.267. The lowest BCUT2D eigenvalue weighted by Crippen LogP contribution is -2.25. The van der Waals surface area contributed by atoms with Gasteiger partial charge in [0.2, 0.25) is 0 Å². The van der Waals surface area contributed by atoms with Crippen molar-refractivity contribution >= 4 is 12.3 Å². The first-order chi connectivity index (χ1) is 9.71. The van der Waals surface area contributed by atoms with Crippen LogP contribution in [0.3, 0.4) is 0 Å². The molecule has 0 amide bonds. The molecule has 5 heteroatoms. The predicted octanol–water partition coefficient (Wildman–Crippen LogP) is 2.36.